The maximum absolute atomic E-state index is 9.26. The number of hydrogen-bond acceptors (Lipinski definition) is 2. The molecule has 0 aromatic heterocycles. The highest BCUT2D eigenvalue weighted by molar-refractivity contribution is 7.75. The molecular weight excluding hydrogens is 243 g/mol. The Labute approximate surface area is 115 Å². The molecule has 2 nitrogen and oxygen atoms in total. The van der Waals surface area contributed by atoms with Gasteiger partial charge in [-0.15, -0.1) is 0 Å². The molecule has 0 heterocycles. The first-order valence-electron chi connectivity index (χ1n) is 7.56. The van der Waals surface area contributed by atoms with Gasteiger partial charge in [-0.25, -0.2) is 0 Å². The molecule has 0 aromatic rings. The average Bonchev–Trinajstić information content (AvgIpc) is 2.31. The first-order valence-corrected chi connectivity index (χ1v) is 10.1. The lowest BCUT2D eigenvalue weighted by molar-refractivity contribution is -0.305. The second kappa shape index (κ2) is 13.3. The van der Waals surface area contributed by atoms with Crippen molar-refractivity contribution in [3.05, 3.63) is 0 Å². The minimum Gasteiger partial charge on any atom is -0.550 e. The molecule has 0 radical (unpaired) electrons. The van der Waals surface area contributed by atoms with Gasteiger partial charge in [0.2, 0.25) is 0 Å². The van der Waals surface area contributed by atoms with Gasteiger partial charge in [0, 0.05) is 13.2 Å². The van der Waals surface area contributed by atoms with Crippen molar-refractivity contribution in [1.29, 1.82) is 0 Å². The quantitative estimate of drug-likeness (QED) is 0.601. The molecule has 0 N–H and O–H groups in total. The van der Waals surface area contributed by atoms with E-state index >= 15 is 0 Å². The van der Waals surface area contributed by atoms with E-state index in [1.54, 1.807) is 24.6 Å². The van der Waals surface area contributed by atoms with E-state index in [1.807, 2.05) is 0 Å². The first kappa shape index (κ1) is 20.2. The summed E-state index contributed by atoms with van der Waals surface area (Å²) in [5, 5.41) is 9.26. The fraction of sp³-hybridized carbons (Fsp3) is 0.933. The van der Waals surface area contributed by atoms with Crippen LogP contribution in [0.3, 0.4) is 0 Å². The number of carbonyl (C=O) groups is 1. The summed E-state index contributed by atoms with van der Waals surface area (Å²) < 4.78 is 0. The average molecular weight is 276 g/mol. The van der Waals surface area contributed by atoms with Crippen molar-refractivity contribution in [1.82, 2.24) is 0 Å². The lowest BCUT2D eigenvalue weighted by Crippen LogP contribution is -2.19. The molecule has 110 valence electrons. The molecule has 0 aliphatic carbocycles. The second-order valence-corrected chi connectivity index (χ2v) is 9.43. The van der Waals surface area contributed by atoms with Crippen LogP contribution in [0.15, 0.2) is 0 Å². The molecule has 0 aromatic carbocycles. The largest absolute Gasteiger partial charge is 0.550 e. The number of carboxylic acid groups (broad SMARTS) is 1. The van der Waals surface area contributed by atoms with Crippen molar-refractivity contribution >= 4 is 13.2 Å². The van der Waals surface area contributed by atoms with Crippen molar-refractivity contribution in [2.75, 3.05) is 24.6 Å². The SMILES string of the molecule is CCC(=O)[O-].CCC[P+](CCC)(CCC)CCC. The van der Waals surface area contributed by atoms with E-state index < -0.39 is 13.2 Å². The van der Waals surface area contributed by atoms with E-state index in [2.05, 4.69) is 27.7 Å². The Morgan fingerprint density at radius 3 is 1.11 bits per heavy atom. The summed E-state index contributed by atoms with van der Waals surface area (Å²) in [4.78, 5) is 9.26. The highest BCUT2D eigenvalue weighted by Crippen LogP contribution is 2.60. The standard InChI is InChI=1S/C12H28P.C3H6O2/c1-5-9-13(10-6-2,11-7-3)12-8-4;1-2-3(4)5/h5-12H2,1-4H3;2H2,1H3,(H,4,5)/q+1;/p-1. The normalized spacial score (nSPS) is 10.7. The van der Waals surface area contributed by atoms with E-state index in [4.69, 9.17) is 0 Å². The van der Waals surface area contributed by atoms with Crippen LogP contribution >= 0.6 is 7.26 Å². The van der Waals surface area contributed by atoms with E-state index in [0.717, 1.165) is 0 Å². The van der Waals surface area contributed by atoms with Gasteiger partial charge in [-0.05, 0) is 32.1 Å². The maximum atomic E-state index is 9.26. The van der Waals surface area contributed by atoms with Crippen LogP contribution in [0, 0.1) is 0 Å². The minimum atomic E-state index is -0.995. The molecule has 0 unspecified atom stereocenters. The van der Waals surface area contributed by atoms with Gasteiger partial charge in [0.1, 0.15) is 0 Å². The smallest absolute Gasteiger partial charge is 0.0591 e. The number of hydrogen-bond donors (Lipinski definition) is 0. The lowest BCUT2D eigenvalue weighted by Gasteiger charge is -2.26. The summed E-state index contributed by atoms with van der Waals surface area (Å²) in [6.45, 7) is 11.0. The highest BCUT2D eigenvalue weighted by atomic mass is 31.2. The van der Waals surface area contributed by atoms with E-state index in [0.29, 0.717) is 0 Å². The second-order valence-electron chi connectivity index (χ2n) is 4.96. The van der Waals surface area contributed by atoms with Crippen LogP contribution in [0.25, 0.3) is 0 Å². The third kappa shape index (κ3) is 11.0. The predicted octanol–water partition coefficient (Wildman–Crippen LogP) is 3.79. The third-order valence-corrected chi connectivity index (χ3v) is 8.66. The summed E-state index contributed by atoms with van der Waals surface area (Å²) in [6, 6.07) is 0. The summed E-state index contributed by atoms with van der Waals surface area (Å²) in [5.41, 5.74) is 0. The van der Waals surface area contributed by atoms with Gasteiger partial charge in [0.25, 0.3) is 0 Å². The summed E-state index contributed by atoms with van der Waals surface area (Å²) in [7, 11) is -0.496. The van der Waals surface area contributed by atoms with Crippen molar-refractivity contribution in [2.45, 2.75) is 66.7 Å². The lowest BCUT2D eigenvalue weighted by atomic mass is 10.5. The molecule has 0 saturated heterocycles. The Morgan fingerprint density at radius 2 is 1.00 bits per heavy atom. The molecule has 0 saturated carbocycles. The third-order valence-electron chi connectivity index (χ3n) is 3.08. The highest BCUT2D eigenvalue weighted by Gasteiger charge is 2.32. The van der Waals surface area contributed by atoms with Crippen molar-refractivity contribution in [3.63, 3.8) is 0 Å². The molecule has 0 aliphatic heterocycles. The van der Waals surface area contributed by atoms with Gasteiger partial charge in [-0.2, -0.15) is 0 Å². The van der Waals surface area contributed by atoms with Gasteiger partial charge in [0.15, 0.2) is 0 Å². The van der Waals surface area contributed by atoms with Crippen LogP contribution in [0.5, 0.6) is 0 Å². The molecule has 0 bridgehead atoms. The van der Waals surface area contributed by atoms with Crippen LogP contribution in [-0.2, 0) is 4.79 Å². The fourth-order valence-electron chi connectivity index (χ4n) is 2.57. The zero-order valence-corrected chi connectivity index (χ0v) is 14.0. The summed E-state index contributed by atoms with van der Waals surface area (Å²) in [5.74, 6) is -0.995. The number of rotatable bonds is 9. The molecule has 0 atom stereocenters. The molecule has 0 spiro atoms. The van der Waals surface area contributed by atoms with Gasteiger partial charge >= 0.3 is 0 Å². The number of carboxylic acids is 1. The Kier molecular flexibility index (Phi) is 15.0. The Morgan fingerprint density at radius 1 is 0.778 bits per heavy atom. The molecule has 0 aliphatic rings. The van der Waals surface area contributed by atoms with Crippen LogP contribution in [0.4, 0.5) is 0 Å². The molecule has 0 fully saturated rings. The van der Waals surface area contributed by atoms with E-state index in [9.17, 15) is 9.90 Å². The Balaban J connectivity index is 0. The fourth-order valence-corrected chi connectivity index (χ4v) is 7.70. The molecule has 0 rings (SSSR count). The zero-order chi connectivity index (χ0) is 14.4. The van der Waals surface area contributed by atoms with E-state index in [-0.39, 0.29) is 6.42 Å². The Hall–Kier alpha value is -0.100. The topological polar surface area (TPSA) is 40.1 Å². The molecule has 18 heavy (non-hydrogen) atoms. The summed E-state index contributed by atoms with van der Waals surface area (Å²) in [6.07, 6.45) is 12.0. The van der Waals surface area contributed by atoms with Crippen LogP contribution in [0.2, 0.25) is 0 Å². The molecular formula is C15H33O2P. The summed E-state index contributed by atoms with van der Waals surface area (Å²) >= 11 is 0. The number of carbonyl (C=O) groups excluding carboxylic acids is 1. The van der Waals surface area contributed by atoms with Crippen molar-refractivity contribution < 1.29 is 9.90 Å². The zero-order valence-electron chi connectivity index (χ0n) is 13.1. The first-order chi connectivity index (χ1) is 8.51. The van der Waals surface area contributed by atoms with Gasteiger partial charge in [0.05, 0.1) is 24.6 Å². The van der Waals surface area contributed by atoms with Crippen molar-refractivity contribution in [2.24, 2.45) is 0 Å². The van der Waals surface area contributed by atoms with Crippen molar-refractivity contribution in [3.8, 4) is 0 Å². The van der Waals surface area contributed by atoms with Gasteiger partial charge in [-0.3, -0.25) is 0 Å². The maximum Gasteiger partial charge on any atom is 0.0591 e. The van der Waals surface area contributed by atoms with Crippen LogP contribution in [0.1, 0.15) is 66.7 Å². The molecule has 0 amide bonds. The Bertz CT molecular complexity index is 163. The van der Waals surface area contributed by atoms with Gasteiger partial charge < -0.3 is 9.90 Å². The number of aliphatic carboxylic acids is 1. The van der Waals surface area contributed by atoms with Crippen LogP contribution in [-0.4, -0.2) is 30.6 Å². The predicted molar refractivity (Wildman–Crippen MR) is 82.9 cm³/mol. The molecule has 3 heteroatoms. The van der Waals surface area contributed by atoms with E-state index in [1.165, 1.54) is 32.6 Å². The van der Waals surface area contributed by atoms with Gasteiger partial charge in [-0.1, -0.05) is 34.6 Å². The van der Waals surface area contributed by atoms with Crippen LogP contribution < -0.4 is 5.11 Å². The minimum absolute atomic E-state index is 0.111. The monoisotopic (exact) mass is 276 g/mol.